The molecule has 0 aliphatic heterocycles. The van der Waals surface area contributed by atoms with Gasteiger partial charge in [0.15, 0.2) is 17.3 Å². The number of rotatable bonds is 7. The molecule has 2 amide bonds. The Morgan fingerprint density at radius 3 is 1.59 bits per heavy atom. The van der Waals surface area contributed by atoms with Crippen molar-refractivity contribution in [3.05, 3.63) is 84.2 Å². The van der Waals surface area contributed by atoms with Crippen molar-refractivity contribution in [1.82, 2.24) is 49.7 Å². The van der Waals surface area contributed by atoms with Crippen LogP contribution >= 0.6 is 11.6 Å². The highest BCUT2D eigenvalue weighted by Crippen LogP contribution is 2.37. The van der Waals surface area contributed by atoms with Crippen molar-refractivity contribution < 1.29 is 28.6 Å². The molecule has 2 saturated carbocycles. The van der Waals surface area contributed by atoms with Gasteiger partial charge in [0.25, 0.3) is 0 Å². The molecule has 6 heterocycles. The highest BCUT2D eigenvalue weighted by Gasteiger charge is 2.32. The fraction of sp³-hybridized carbons (Fsp3) is 0.457. The van der Waals surface area contributed by atoms with E-state index in [4.69, 9.17) is 35.8 Å². The van der Waals surface area contributed by atoms with Crippen molar-refractivity contribution in [2.24, 2.45) is 0 Å². The first-order valence-electron chi connectivity index (χ1n) is 21.4. The molecular formula is C46H55ClN10O6. The summed E-state index contributed by atoms with van der Waals surface area (Å²) in [5, 5.41) is 6.47. The van der Waals surface area contributed by atoms with Gasteiger partial charge in [-0.1, -0.05) is 23.7 Å². The normalized spacial score (nSPS) is 19.1. The van der Waals surface area contributed by atoms with Crippen LogP contribution in [0.5, 0.6) is 0 Å². The number of fused-ring (bicyclic) bond motifs is 2. The van der Waals surface area contributed by atoms with Crippen LogP contribution in [0.4, 0.5) is 9.59 Å². The summed E-state index contributed by atoms with van der Waals surface area (Å²) in [6, 6.07) is 15.1. The van der Waals surface area contributed by atoms with Gasteiger partial charge in [-0.3, -0.25) is 9.97 Å². The standard InChI is InChI=1S/C24H29N5O4.C22H26ClN5O2/c1-24(2,3)33-23(31)27-15-8-7-9-16(12-15)29-20-14-26-19(22(30)32-4)13-18(20)28-21(29)17-10-5-6-11-25-17;1-22(2,3)30-21(29)26-14-7-6-8-15(11-14)28-18-13-25-19(23)12-17(18)27-20(28)16-9-4-5-10-24-16/h5-6,10-11,13-16H,7-9,12H2,1-4H3,(H,27,31);4-5,9-10,12-15H,6-8,11H2,1-3H3,(H,26,29)/t15-,16+;14-,15+/m00/s1. The van der Waals surface area contributed by atoms with Gasteiger partial charge in [-0.2, -0.15) is 0 Å². The number of hydrogen-bond donors (Lipinski definition) is 2. The van der Waals surface area contributed by atoms with E-state index < -0.39 is 23.3 Å². The molecule has 63 heavy (non-hydrogen) atoms. The smallest absolute Gasteiger partial charge is 0.407 e. The van der Waals surface area contributed by atoms with Gasteiger partial charge in [-0.05, 0) is 123 Å². The molecular weight excluding hydrogens is 824 g/mol. The third-order valence-corrected chi connectivity index (χ3v) is 11.0. The van der Waals surface area contributed by atoms with Crippen LogP contribution in [0.25, 0.3) is 45.1 Å². The van der Waals surface area contributed by atoms with Crippen LogP contribution in [0.2, 0.25) is 5.15 Å². The second kappa shape index (κ2) is 19.1. The number of alkyl carbamates (subject to hydrolysis) is 2. The van der Waals surface area contributed by atoms with Crippen molar-refractivity contribution in [2.45, 2.75) is 128 Å². The Hall–Kier alpha value is -6.16. The molecule has 16 nitrogen and oxygen atoms in total. The van der Waals surface area contributed by atoms with E-state index >= 15 is 0 Å². The number of nitrogens with one attached hydrogen (secondary N) is 2. The summed E-state index contributed by atoms with van der Waals surface area (Å²) in [4.78, 5) is 63.8. The molecule has 332 valence electrons. The van der Waals surface area contributed by atoms with Crippen LogP contribution in [-0.2, 0) is 14.2 Å². The Bertz CT molecular complexity index is 2550. The lowest BCUT2D eigenvalue weighted by atomic mass is 9.90. The minimum absolute atomic E-state index is 0.0186. The van der Waals surface area contributed by atoms with E-state index in [0.29, 0.717) is 16.5 Å². The fourth-order valence-electron chi connectivity index (χ4n) is 8.28. The number of pyridine rings is 4. The molecule has 0 saturated heterocycles. The number of halogens is 1. The number of methoxy groups -OCH3 is 1. The minimum Gasteiger partial charge on any atom is -0.464 e. The zero-order chi connectivity index (χ0) is 44.9. The van der Waals surface area contributed by atoms with Crippen molar-refractivity contribution >= 4 is 51.8 Å². The van der Waals surface area contributed by atoms with Crippen LogP contribution in [0.1, 0.15) is 115 Å². The monoisotopic (exact) mass is 878 g/mol. The van der Waals surface area contributed by atoms with E-state index in [-0.39, 0.29) is 36.0 Å². The minimum atomic E-state index is -0.548. The van der Waals surface area contributed by atoms with Crippen molar-refractivity contribution in [3.8, 4) is 23.0 Å². The molecule has 6 aromatic heterocycles. The second-order valence-electron chi connectivity index (χ2n) is 17.9. The highest BCUT2D eigenvalue weighted by atomic mass is 35.5. The molecule has 0 bridgehead atoms. The highest BCUT2D eigenvalue weighted by molar-refractivity contribution is 6.30. The maximum absolute atomic E-state index is 12.3. The number of aromatic nitrogens is 8. The van der Waals surface area contributed by atoms with Gasteiger partial charge in [0.2, 0.25) is 0 Å². The zero-order valence-electron chi connectivity index (χ0n) is 36.8. The molecule has 17 heteroatoms. The summed E-state index contributed by atoms with van der Waals surface area (Å²) >= 11 is 6.11. The average molecular weight is 879 g/mol. The maximum Gasteiger partial charge on any atom is 0.407 e. The first-order valence-corrected chi connectivity index (χ1v) is 21.7. The Morgan fingerprint density at radius 2 is 1.14 bits per heavy atom. The number of hydrogen-bond acceptors (Lipinski definition) is 12. The van der Waals surface area contributed by atoms with Crippen molar-refractivity contribution in [3.63, 3.8) is 0 Å². The lowest BCUT2D eigenvalue weighted by molar-refractivity contribution is 0.0474. The van der Waals surface area contributed by atoms with Crippen LogP contribution in [0.15, 0.2) is 73.3 Å². The van der Waals surface area contributed by atoms with E-state index in [1.807, 2.05) is 77.9 Å². The SMILES string of the molecule is CC(C)(C)OC(=O)N[C@H]1CCC[C@@H](n2c(-c3ccccn3)nc3cc(Cl)ncc32)C1.COC(=O)c1cc2nc(-c3ccccn3)n([C@@H]3CCC[C@H](NC(=O)OC(C)(C)C)C3)c2cn1. The summed E-state index contributed by atoms with van der Waals surface area (Å²) in [5.41, 5.74) is 3.84. The van der Waals surface area contributed by atoms with E-state index in [1.165, 1.54) is 7.11 Å². The van der Waals surface area contributed by atoms with Gasteiger partial charge >= 0.3 is 18.2 Å². The number of nitrogens with zero attached hydrogens (tertiary/aromatic N) is 8. The Kier molecular flexibility index (Phi) is 13.6. The van der Waals surface area contributed by atoms with E-state index in [1.54, 1.807) is 36.9 Å². The van der Waals surface area contributed by atoms with Crippen LogP contribution in [0.3, 0.4) is 0 Å². The zero-order valence-corrected chi connectivity index (χ0v) is 37.6. The molecule has 2 fully saturated rings. The number of carbonyl (C=O) groups excluding carboxylic acids is 3. The molecule has 6 aromatic rings. The second-order valence-corrected chi connectivity index (χ2v) is 18.3. The largest absolute Gasteiger partial charge is 0.464 e. The predicted octanol–water partition coefficient (Wildman–Crippen LogP) is 9.44. The third kappa shape index (κ3) is 11.3. The topological polar surface area (TPSA) is 190 Å². The summed E-state index contributed by atoms with van der Waals surface area (Å²) < 4.78 is 20.0. The lowest BCUT2D eigenvalue weighted by Crippen LogP contribution is -2.41. The quantitative estimate of drug-likeness (QED) is 0.0879. The van der Waals surface area contributed by atoms with Gasteiger partial charge in [0.1, 0.15) is 27.7 Å². The summed E-state index contributed by atoms with van der Waals surface area (Å²) in [6.45, 7) is 11.1. The maximum atomic E-state index is 12.3. The van der Waals surface area contributed by atoms with Crippen molar-refractivity contribution in [1.29, 1.82) is 0 Å². The Morgan fingerprint density at radius 1 is 0.667 bits per heavy atom. The summed E-state index contributed by atoms with van der Waals surface area (Å²) in [5.74, 6) is 0.986. The molecule has 0 spiro atoms. The van der Waals surface area contributed by atoms with E-state index in [0.717, 1.165) is 85.1 Å². The molecule has 2 aliphatic rings. The number of ether oxygens (including phenoxy) is 3. The average Bonchev–Trinajstić information content (AvgIpc) is 3.81. The van der Waals surface area contributed by atoms with Gasteiger partial charge in [0.05, 0.1) is 41.6 Å². The number of imidazole rings is 2. The molecule has 2 N–H and O–H groups in total. The Labute approximate surface area is 371 Å². The predicted molar refractivity (Wildman–Crippen MR) is 239 cm³/mol. The number of esters is 1. The van der Waals surface area contributed by atoms with Gasteiger partial charge in [-0.15, -0.1) is 0 Å². The first-order chi connectivity index (χ1) is 30.0. The number of amides is 2. The fourth-order valence-corrected chi connectivity index (χ4v) is 8.43. The first kappa shape index (κ1) is 44.9. The molecule has 8 rings (SSSR count). The van der Waals surface area contributed by atoms with Gasteiger partial charge < -0.3 is 34.0 Å². The van der Waals surface area contributed by atoms with Crippen molar-refractivity contribution in [2.75, 3.05) is 7.11 Å². The Balaban J connectivity index is 0.000000190. The molecule has 2 aliphatic carbocycles. The molecule has 0 unspecified atom stereocenters. The van der Waals surface area contributed by atoms with Crippen LogP contribution in [-0.4, -0.2) is 87.6 Å². The van der Waals surface area contributed by atoms with E-state index in [2.05, 4.69) is 39.7 Å². The molecule has 0 radical (unpaired) electrons. The number of carbonyl (C=O) groups is 3. The lowest BCUT2D eigenvalue weighted by Gasteiger charge is -2.32. The third-order valence-electron chi connectivity index (χ3n) is 10.8. The van der Waals surface area contributed by atoms with Gasteiger partial charge in [0, 0.05) is 42.6 Å². The summed E-state index contributed by atoms with van der Waals surface area (Å²) in [6.07, 6.45) is 13.3. The molecule has 0 aromatic carbocycles. The van der Waals surface area contributed by atoms with E-state index in [9.17, 15) is 14.4 Å². The van der Waals surface area contributed by atoms with Gasteiger partial charge in [-0.25, -0.2) is 34.3 Å². The van der Waals surface area contributed by atoms with Crippen LogP contribution < -0.4 is 10.6 Å². The van der Waals surface area contributed by atoms with Crippen LogP contribution in [0, 0.1) is 0 Å². The summed E-state index contributed by atoms with van der Waals surface area (Å²) in [7, 11) is 1.33. The molecule has 4 atom stereocenters.